The highest BCUT2D eigenvalue weighted by Crippen LogP contribution is 2.32. The highest BCUT2D eigenvalue weighted by Gasteiger charge is 2.34. The van der Waals surface area contributed by atoms with Crippen LogP contribution in [0.15, 0.2) is 30.7 Å². The molecular formula is C17H12F4N4O2S. The average Bonchev–Trinajstić information content (AvgIpc) is 3.07. The van der Waals surface area contributed by atoms with Gasteiger partial charge >= 0.3 is 6.18 Å². The minimum Gasteiger partial charge on any atom is -0.508 e. The first-order valence-electron chi connectivity index (χ1n) is 7.77. The van der Waals surface area contributed by atoms with Crippen molar-refractivity contribution in [3.8, 4) is 16.3 Å². The Labute approximate surface area is 159 Å². The van der Waals surface area contributed by atoms with Gasteiger partial charge in [-0.25, -0.2) is 19.3 Å². The van der Waals surface area contributed by atoms with Crippen molar-refractivity contribution >= 4 is 17.2 Å². The molecule has 0 fully saturated rings. The number of rotatable bonds is 4. The molecule has 28 heavy (non-hydrogen) atoms. The predicted octanol–water partition coefficient (Wildman–Crippen LogP) is 3.70. The number of amides is 1. The lowest BCUT2D eigenvalue weighted by molar-refractivity contribution is -0.145. The normalized spacial score (nSPS) is 11.5. The molecule has 0 saturated carbocycles. The van der Waals surface area contributed by atoms with Crippen molar-refractivity contribution in [3.63, 3.8) is 0 Å². The summed E-state index contributed by atoms with van der Waals surface area (Å²) >= 11 is 1.20. The largest absolute Gasteiger partial charge is 0.508 e. The van der Waals surface area contributed by atoms with E-state index in [0.717, 1.165) is 29.4 Å². The van der Waals surface area contributed by atoms with Crippen molar-refractivity contribution in [1.29, 1.82) is 0 Å². The Hall–Kier alpha value is -3.08. The second-order valence-electron chi connectivity index (χ2n) is 5.73. The standard InChI is InChI=1S/C17H12F4N4O2S/c1-8-4-23-15(28-8)12-3-10(26)2-11(13(12)18)14(27)22-5-9-6-24-16(25-7-9)17(19,20)21/h2-4,6-7,26H,5H2,1H3,(H,22,27). The van der Waals surface area contributed by atoms with Gasteiger partial charge in [0.15, 0.2) is 0 Å². The summed E-state index contributed by atoms with van der Waals surface area (Å²) in [7, 11) is 0. The summed E-state index contributed by atoms with van der Waals surface area (Å²) in [6, 6.07) is 2.12. The summed E-state index contributed by atoms with van der Waals surface area (Å²) in [4.78, 5) is 23.5. The first-order chi connectivity index (χ1) is 13.1. The molecular weight excluding hydrogens is 400 g/mol. The molecule has 3 rings (SSSR count). The Bertz CT molecular complexity index is 1020. The number of alkyl halides is 3. The minimum absolute atomic E-state index is 0.0267. The SMILES string of the molecule is Cc1cnc(-c2cc(O)cc(C(=O)NCc3cnc(C(F)(F)F)nc3)c2F)s1. The van der Waals surface area contributed by atoms with E-state index < -0.39 is 29.3 Å². The summed E-state index contributed by atoms with van der Waals surface area (Å²) in [5.41, 5.74) is -0.255. The molecule has 2 aromatic heterocycles. The molecule has 146 valence electrons. The lowest BCUT2D eigenvalue weighted by atomic mass is 10.1. The first kappa shape index (κ1) is 19.7. The summed E-state index contributed by atoms with van der Waals surface area (Å²) in [6.45, 7) is 1.55. The predicted molar refractivity (Wildman–Crippen MR) is 92.1 cm³/mol. The Morgan fingerprint density at radius 2 is 1.86 bits per heavy atom. The number of aromatic nitrogens is 3. The summed E-state index contributed by atoms with van der Waals surface area (Å²) in [5.74, 6) is -3.35. The van der Waals surface area contributed by atoms with E-state index in [1.807, 2.05) is 0 Å². The van der Waals surface area contributed by atoms with Crippen LogP contribution in [0, 0.1) is 12.7 Å². The van der Waals surface area contributed by atoms with E-state index in [1.54, 1.807) is 6.92 Å². The highest BCUT2D eigenvalue weighted by molar-refractivity contribution is 7.14. The zero-order valence-corrected chi connectivity index (χ0v) is 15.0. The van der Waals surface area contributed by atoms with Crippen molar-refractivity contribution in [2.45, 2.75) is 19.6 Å². The minimum atomic E-state index is -4.67. The molecule has 0 aliphatic heterocycles. The van der Waals surface area contributed by atoms with Crippen LogP contribution >= 0.6 is 11.3 Å². The monoisotopic (exact) mass is 412 g/mol. The van der Waals surface area contributed by atoms with E-state index >= 15 is 0 Å². The number of carbonyl (C=O) groups excluding carboxylic acids is 1. The van der Waals surface area contributed by atoms with Gasteiger partial charge < -0.3 is 10.4 Å². The molecule has 0 spiro atoms. The number of hydrogen-bond donors (Lipinski definition) is 2. The number of carbonyl (C=O) groups is 1. The van der Waals surface area contributed by atoms with Crippen LogP contribution < -0.4 is 5.32 Å². The summed E-state index contributed by atoms with van der Waals surface area (Å²) in [5, 5.41) is 12.5. The maximum absolute atomic E-state index is 14.8. The molecule has 0 unspecified atom stereocenters. The second kappa shape index (κ2) is 7.50. The molecule has 11 heteroatoms. The van der Waals surface area contributed by atoms with Crippen LogP contribution in [-0.2, 0) is 12.7 Å². The molecule has 1 amide bonds. The van der Waals surface area contributed by atoms with Gasteiger partial charge in [0.1, 0.15) is 16.6 Å². The smallest absolute Gasteiger partial charge is 0.451 e. The molecule has 2 heterocycles. The lowest BCUT2D eigenvalue weighted by Crippen LogP contribution is -2.24. The number of benzene rings is 1. The number of aryl methyl sites for hydroxylation is 1. The molecule has 1 aromatic carbocycles. The van der Waals surface area contributed by atoms with Crippen LogP contribution in [0.3, 0.4) is 0 Å². The van der Waals surface area contributed by atoms with Gasteiger partial charge in [0.2, 0.25) is 5.82 Å². The van der Waals surface area contributed by atoms with Crippen molar-refractivity contribution < 1.29 is 27.5 Å². The molecule has 0 atom stereocenters. The molecule has 6 nitrogen and oxygen atoms in total. The number of phenolic OH excluding ortho intramolecular Hbond substituents is 1. The third kappa shape index (κ3) is 4.25. The Kier molecular flexibility index (Phi) is 5.27. The zero-order chi connectivity index (χ0) is 20.5. The molecule has 0 aliphatic rings. The summed E-state index contributed by atoms with van der Waals surface area (Å²) < 4.78 is 52.1. The fraction of sp³-hybridized carbons (Fsp3) is 0.176. The number of nitrogens with one attached hydrogen (secondary N) is 1. The lowest BCUT2D eigenvalue weighted by Gasteiger charge is -2.10. The third-order valence-electron chi connectivity index (χ3n) is 3.57. The second-order valence-corrected chi connectivity index (χ2v) is 6.96. The van der Waals surface area contributed by atoms with Gasteiger partial charge in [-0.05, 0) is 19.1 Å². The zero-order valence-electron chi connectivity index (χ0n) is 14.2. The van der Waals surface area contributed by atoms with Gasteiger partial charge in [0, 0.05) is 35.6 Å². The van der Waals surface area contributed by atoms with Crippen LogP contribution in [0.4, 0.5) is 17.6 Å². The van der Waals surface area contributed by atoms with Gasteiger partial charge in [0.05, 0.1) is 11.1 Å². The molecule has 0 saturated heterocycles. The van der Waals surface area contributed by atoms with Crippen molar-refractivity contribution in [1.82, 2.24) is 20.3 Å². The third-order valence-corrected chi connectivity index (χ3v) is 4.51. The molecule has 2 N–H and O–H groups in total. The number of nitrogens with zero attached hydrogens (tertiary/aromatic N) is 3. The van der Waals surface area contributed by atoms with E-state index in [2.05, 4.69) is 20.3 Å². The fourth-order valence-corrected chi connectivity index (χ4v) is 3.05. The fourth-order valence-electron chi connectivity index (χ4n) is 2.28. The van der Waals surface area contributed by atoms with Crippen LogP contribution in [0.25, 0.3) is 10.6 Å². The average molecular weight is 412 g/mol. The number of thiazole rings is 1. The van der Waals surface area contributed by atoms with Gasteiger partial charge in [-0.2, -0.15) is 13.2 Å². The number of hydrogen-bond acceptors (Lipinski definition) is 6. The quantitative estimate of drug-likeness (QED) is 0.638. The van der Waals surface area contributed by atoms with E-state index in [1.165, 1.54) is 17.5 Å². The van der Waals surface area contributed by atoms with Crippen LogP contribution in [0.1, 0.15) is 26.6 Å². The van der Waals surface area contributed by atoms with Crippen molar-refractivity contribution in [3.05, 3.63) is 58.4 Å². The Morgan fingerprint density at radius 3 is 2.43 bits per heavy atom. The van der Waals surface area contributed by atoms with E-state index in [4.69, 9.17) is 0 Å². The van der Waals surface area contributed by atoms with E-state index in [9.17, 15) is 27.5 Å². The molecule has 0 radical (unpaired) electrons. The number of aromatic hydroxyl groups is 1. The number of phenols is 1. The highest BCUT2D eigenvalue weighted by atomic mass is 32.1. The number of halogens is 4. The van der Waals surface area contributed by atoms with Crippen molar-refractivity contribution in [2.75, 3.05) is 0 Å². The van der Waals surface area contributed by atoms with Crippen LogP contribution in [-0.4, -0.2) is 26.0 Å². The van der Waals surface area contributed by atoms with Crippen LogP contribution in [0.2, 0.25) is 0 Å². The molecule has 3 aromatic rings. The van der Waals surface area contributed by atoms with Crippen molar-refractivity contribution in [2.24, 2.45) is 0 Å². The van der Waals surface area contributed by atoms with Gasteiger partial charge in [-0.3, -0.25) is 4.79 Å². The Balaban J connectivity index is 1.78. The van der Waals surface area contributed by atoms with Crippen LogP contribution in [0.5, 0.6) is 5.75 Å². The van der Waals surface area contributed by atoms with Gasteiger partial charge in [0.25, 0.3) is 5.91 Å². The first-order valence-corrected chi connectivity index (χ1v) is 8.58. The maximum Gasteiger partial charge on any atom is 0.451 e. The van der Waals surface area contributed by atoms with Gasteiger partial charge in [-0.1, -0.05) is 0 Å². The Morgan fingerprint density at radius 1 is 1.18 bits per heavy atom. The van der Waals surface area contributed by atoms with E-state index in [-0.39, 0.29) is 23.4 Å². The molecule has 0 bridgehead atoms. The van der Waals surface area contributed by atoms with E-state index in [0.29, 0.717) is 5.01 Å². The maximum atomic E-state index is 14.8. The summed E-state index contributed by atoms with van der Waals surface area (Å²) in [6.07, 6.45) is -1.30. The van der Waals surface area contributed by atoms with Gasteiger partial charge in [-0.15, -0.1) is 11.3 Å². The topological polar surface area (TPSA) is 88.0 Å². The molecule has 0 aliphatic carbocycles.